The van der Waals surface area contributed by atoms with Gasteiger partial charge < -0.3 is 15.4 Å². The molecule has 0 unspecified atom stereocenters. The highest BCUT2D eigenvalue weighted by Gasteiger charge is 2.39. The first kappa shape index (κ1) is 15.9. The number of hydrogen-bond donors (Lipinski definition) is 1. The van der Waals surface area contributed by atoms with Crippen molar-refractivity contribution in [2.75, 3.05) is 19.7 Å². The van der Waals surface area contributed by atoms with Crippen molar-refractivity contribution in [1.82, 2.24) is 14.9 Å². The van der Waals surface area contributed by atoms with Gasteiger partial charge in [-0.3, -0.25) is 14.6 Å². The summed E-state index contributed by atoms with van der Waals surface area (Å²) in [6.45, 7) is 0.991. The normalized spacial score (nSPS) is 19.9. The average molecular weight is 326 g/mol. The Morgan fingerprint density at radius 1 is 1.21 bits per heavy atom. The van der Waals surface area contributed by atoms with Gasteiger partial charge in [0.2, 0.25) is 5.91 Å². The third-order valence-electron chi connectivity index (χ3n) is 4.08. The van der Waals surface area contributed by atoms with E-state index in [0.717, 1.165) is 5.75 Å². The van der Waals surface area contributed by atoms with Gasteiger partial charge in [0, 0.05) is 31.4 Å². The predicted octanol–water partition coefficient (Wildman–Crippen LogP) is 0.729. The Hall–Kier alpha value is -2.96. The molecule has 7 heteroatoms. The van der Waals surface area contributed by atoms with Crippen LogP contribution in [0.4, 0.5) is 0 Å². The smallest absolute Gasteiger partial charge is 0.274 e. The molecule has 0 saturated carbocycles. The second-order valence-corrected chi connectivity index (χ2v) is 5.69. The van der Waals surface area contributed by atoms with Crippen LogP contribution in [0.2, 0.25) is 0 Å². The Morgan fingerprint density at radius 3 is 2.67 bits per heavy atom. The van der Waals surface area contributed by atoms with Crippen LogP contribution in [0.15, 0.2) is 48.9 Å². The fraction of sp³-hybridized carbons (Fsp3) is 0.294. The summed E-state index contributed by atoms with van der Waals surface area (Å²) < 4.78 is 5.73. The minimum atomic E-state index is -0.436. The van der Waals surface area contributed by atoms with Gasteiger partial charge in [0.1, 0.15) is 11.4 Å². The van der Waals surface area contributed by atoms with Crippen LogP contribution >= 0.6 is 0 Å². The van der Waals surface area contributed by atoms with E-state index in [1.807, 2.05) is 30.3 Å². The summed E-state index contributed by atoms with van der Waals surface area (Å²) in [5, 5.41) is 0. The number of benzene rings is 1. The van der Waals surface area contributed by atoms with Gasteiger partial charge in [0.25, 0.3) is 5.91 Å². The molecule has 1 saturated heterocycles. The minimum Gasteiger partial charge on any atom is -0.493 e. The number of nitrogens with two attached hydrogens (primary N) is 1. The molecule has 2 heterocycles. The van der Waals surface area contributed by atoms with Gasteiger partial charge >= 0.3 is 0 Å². The topological polar surface area (TPSA) is 98.4 Å². The van der Waals surface area contributed by atoms with E-state index in [2.05, 4.69) is 9.97 Å². The van der Waals surface area contributed by atoms with E-state index in [4.69, 9.17) is 10.5 Å². The number of primary amides is 1. The zero-order valence-electron chi connectivity index (χ0n) is 13.0. The van der Waals surface area contributed by atoms with Crippen molar-refractivity contribution < 1.29 is 14.3 Å². The molecule has 1 aliphatic heterocycles. The average Bonchev–Trinajstić information content (AvgIpc) is 3.05. The first-order valence-electron chi connectivity index (χ1n) is 7.67. The summed E-state index contributed by atoms with van der Waals surface area (Å²) >= 11 is 0. The molecule has 0 aliphatic carbocycles. The maximum Gasteiger partial charge on any atom is 0.274 e. The van der Waals surface area contributed by atoms with Gasteiger partial charge in [-0.1, -0.05) is 18.2 Å². The van der Waals surface area contributed by atoms with Gasteiger partial charge in [-0.15, -0.1) is 0 Å². The van der Waals surface area contributed by atoms with Crippen LogP contribution < -0.4 is 10.5 Å². The Balaban J connectivity index is 1.68. The molecule has 1 aromatic carbocycles. The predicted molar refractivity (Wildman–Crippen MR) is 86.0 cm³/mol. The second-order valence-electron chi connectivity index (χ2n) is 5.69. The molecule has 2 N–H and O–H groups in total. The summed E-state index contributed by atoms with van der Waals surface area (Å²) in [5.41, 5.74) is 5.75. The molecule has 1 aliphatic rings. The van der Waals surface area contributed by atoms with Crippen molar-refractivity contribution in [3.8, 4) is 5.75 Å². The van der Waals surface area contributed by atoms with Crippen molar-refractivity contribution in [2.24, 2.45) is 17.6 Å². The van der Waals surface area contributed by atoms with Crippen molar-refractivity contribution in [1.29, 1.82) is 0 Å². The van der Waals surface area contributed by atoms with Crippen LogP contribution in [0.3, 0.4) is 0 Å². The highest BCUT2D eigenvalue weighted by atomic mass is 16.5. The zero-order chi connectivity index (χ0) is 16.9. The number of carbonyl (C=O) groups is 2. The van der Waals surface area contributed by atoms with E-state index in [1.54, 1.807) is 4.90 Å². The molecular weight excluding hydrogens is 308 g/mol. The van der Waals surface area contributed by atoms with Crippen LogP contribution in [0.25, 0.3) is 0 Å². The Bertz CT molecular complexity index is 708. The molecule has 1 aromatic heterocycles. The lowest BCUT2D eigenvalue weighted by Crippen LogP contribution is -2.33. The van der Waals surface area contributed by atoms with Crippen LogP contribution in [0.1, 0.15) is 10.5 Å². The monoisotopic (exact) mass is 326 g/mol. The first-order valence-corrected chi connectivity index (χ1v) is 7.67. The highest BCUT2D eigenvalue weighted by molar-refractivity contribution is 5.93. The molecule has 1 fully saturated rings. The van der Waals surface area contributed by atoms with Crippen LogP contribution in [-0.4, -0.2) is 46.4 Å². The van der Waals surface area contributed by atoms with Gasteiger partial charge in [-0.25, -0.2) is 4.98 Å². The molecule has 0 bridgehead atoms. The van der Waals surface area contributed by atoms with E-state index < -0.39 is 11.8 Å². The molecule has 0 spiro atoms. The second kappa shape index (κ2) is 7.08. The molecule has 124 valence electrons. The molecule has 3 rings (SSSR count). The standard InChI is InChI=1S/C17H18N4O3/c18-16(22)14-10-21(17(23)15-8-19-6-7-20-15)9-12(14)11-24-13-4-2-1-3-5-13/h1-8,12,14H,9-11H2,(H2,18,22)/t12-,14+/m0/s1. The summed E-state index contributed by atoms with van der Waals surface area (Å²) in [6, 6.07) is 9.34. The quantitative estimate of drug-likeness (QED) is 0.873. The van der Waals surface area contributed by atoms with Gasteiger partial charge in [0.15, 0.2) is 0 Å². The Labute approximate surface area is 139 Å². The molecule has 2 amide bonds. The number of rotatable bonds is 5. The maximum atomic E-state index is 12.5. The molecule has 2 atom stereocenters. The van der Waals surface area contributed by atoms with Gasteiger partial charge in [-0.05, 0) is 12.1 Å². The first-order chi connectivity index (χ1) is 11.6. The zero-order valence-corrected chi connectivity index (χ0v) is 13.0. The number of hydrogen-bond acceptors (Lipinski definition) is 5. The number of para-hydroxylation sites is 1. The van der Waals surface area contributed by atoms with Crippen LogP contribution in [-0.2, 0) is 4.79 Å². The molecule has 7 nitrogen and oxygen atoms in total. The molecular formula is C17H18N4O3. The van der Waals surface area contributed by atoms with Crippen molar-refractivity contribution >= 4 is 11.8 Å². The van der Waals surface area contributed by atoms with Crippen LogP contribution in [0.5, 0.6) is 5.75 Å². The van der Waals surface area contributed by atoms with Gasteiger partial charge in [0.05, 0.1) is 18.7 Å². The lowest BCUT2D eigenvalue weighted by Gasteiger charge is -2.16. The number of aromatic nitrogens is 2. The number of likely N-dealkylation sites (tertiary alicyclic amines) is 1. The number of nitrogens with zero attached hydrogens (tertiary/aromatic N) is 3. The van der Waals surface area contributed by atoms with E-state index in [9.17, 15) is 9.59 Å². The number of amides is 2. The largest absolute Gasteiger partial charge is 0.493 e. The number of carbonyl (C=O) groups excluding carboxylic acids is 2. The number of ether oxygens (including phenoxy) is 1. The van der Waals surface area contributed by atoms with Crippen LogP contribution in [0, 0.1) is 11.8 Å². The summed E-state index contributed by atoms with van der Waals surface area (Å²) in [7, 11) is 0. The van der Waals surface area contributed by atoms with Gasteiger partial charge in [-0.2, -0.15) is 0 Å². The minimum absolute atomic E-state index is 0.150. The maximum absolute atomic E-state index is 12.5. The lowest BCUT2D eigenvalue weighted by atomic mass is 9.96. The van der Waals surface area contributed by atoms with Crippen molar-refractivity contribution in [2.45, 2.75) is 0 Å². The van der Waals surface area contributed by atoms with E-state index in [-0.39, 0.29) is 24.1 Å². The van der Waals surface area contributed by atoms with Crippen molar-refractivity contribution in [3.05, 3.63) is 54.6 Å². The molecule has 2 aromatic rings. The summed E-state index contributed by atoms with van der Waals surface area (Å²) in [4.78, 5) is 33.7. The fourth-order valence-electron chi connectivity index (χ4n) is 2.82. The summed E-state index contributed by atoms with van der Waals surface area (Å²) in [6.07, 6.45) is 4.38. The third kappa shape index (κ3) is 3.51. The highest BCUT2D eigenvalue weighted by Crippen LogP contribution is 2.25. The third-order valence-corrected chi connectivity index (χ3v) is 4.08. The summed E-state index contributed by atoms with van der Waals surface area (Å²) in [5.74, 6) is -0.542. The van der Waals surface area contributed by atoms with Crippen molar-refractivity contribution in [3.63, 3.8) is 0 Å². The molecule has 0 radical (unpaired) electrons. The Morgan fingerprint density at radius 2 is 2.00 bits per heavy atom. The van der Waals surface area contributed by atoms with E-state index in [1.165, 1.54) is 18.6 Å². The van der Waals surface area contributed by atoms with E-state index >= 15 is 0 Å². The lowest BCUT2D eigenvalue weighted by molar-refractivity contribution is -0.122. The molecule has 24 heavy (non-hydrogen) atoms. The Kier molecular flexibility index (Phi) is 4.69. The fourth-order valence-corrected chi connectivity index (χ4v) is 2.82. The SMILES string of the molecule is NC(=O)[C@@H]1CN(C(=O)c2cnccn2)C[C@H]1COc1ccccc1. The van der Waals surface area contributed by atoms with E-state index in [0.29, 0.717) is 13.2 Å².